The van der Waals surface area contributed by atoms with Crippen LogP contribution in [0.1, 0.15) is 12.5 Å². The van der Waals surface area contributed by atoms with E-state index >= 15 is 0 Å². The summed E-state index contributed by atoms with van der Waals surface area (Å²) in [6.45, 7) is 4.30. The first kappa shape index (κ1) is 22.3. The van der Waals surface area contributed by atoms with Crippen molar-refractivity contribution in [1.29, 1.82) is 0 Å². The number of nitro benzene ring substituents is 1. The number of fused-ring (bicyclic) bond motifs is 1. The summed E-state index contributed by atoms with van der Waals surface area (Å²) >= 11 is 1.22. The molecule has 2 aromatic heterocycles. The molecule has 10 nitrogen and oxygen atoms in total. The lowest BCUT2D eigenvalue weighted by atomic mass is 10.2. The van der Waals surface area contributed by atoms with E-state index in [1.165, 1.54) is 23.9 Å². The normalized spacial score (nSPS) is 11.0. The van der Waals surface area contributed by atoms with Gasteiger partial charge >= 0.3 is 0 Å². The molecule has 0 radical (unpaired) electrons. The first-order valence-corrected chi connectivity index (χ1v) is 11.1. The number of hydrogen-bond acceptors (Lipinski definition) is 8. The first-order valence-electron chi connectivity index (χ1n) is 10.1. The van der Waals surface area contributed by atoms with Gasteiger partial charge in [0.1, 0.15) is 0 Å². The number of amides is 1. The van der Waals surface area contributed by atoms with Gasteiger partial charge in [0.15, 0.2) is 22.2 Å². The molecule has 4 rings (SSSR count). The highest BCUT2D eigenvalue weighted by Crippen LogP contribution is 2.34. The number of non-ortho nitro benzene ring substituents is 1. The van der Waals surface area contributed by atoms with Gasteiger partial charge in [0.2, 0.25) is 11.7 Å². The number of nitrogens with zero attached hydrogens (tertiary/aromatic N) is 4. The summed E-state index contributed by atoms with van der Waals surface area (Å²) in [6, 6.07) is 11.9. The third-order valence-electron chi connectivity index (χ3n) is 5.02. The van der Waals surface area contributed by atoms with Crippen molar-refractivity contribution >= 4 is 40.0 Å². The minimum Gasteiger partial charge on any atom is -0.493 e. The van der Waals surface area contributed by atoms with Crippen LogP contribution in [-0.4, -0.2) is 38.5 Å². The zero-order valence-corrected chi connectivity index (χ0v) is 19.0. The Kier molecular flexibility index (Phi) is 6.31. The van der Waals surface area contributed by atoms with E-state index in [1.54, 1.807) is 20.1 Å². The summed E-state index contributed by atoms with van der Waals surface area (Å²) in [5.41, 5.74) is 1.69. The molecule has 1 N–H and O–H groups in total. The van der Waals surface area contributed by atoms with Crippen LogP contribution in [0.3, 0.4) is 0 Å². The molecule has 4 aromatic rings. The Hall–Kier alpha value is -3.86. The summed E-state index contributed by atoms with van der Waals surface area (Å²) in [7, 11) is 1.58. The Labute approximate surface area is 193 Å². The molecular weight excluding hydrogens is 446 g/mol. The van der Waals surface area contributed by atoms with Crippen LogP contribution in [0.2, 0.25) is 0 Å². The molecule has 0 fully saturated rings. The maximum absolute atomic E-state index is 12.5. The second-order valence-corrected chi connectivity index (χ2v) is 8.08. The van der Waals surface area contributed by atoms with E-state index in [0.29, 0.717) is 40.3 Å². The van der Waals surface area contributed by atoms with Crippen molar-refractivity contribution in [3.63, 3.8) is 0 Å². The number of carbonyl (C=O) groups is 1. The van der Waals surface area contributed by atoms with Crippen LogP contribution in [-0.2, 0) is 11.3 Å². The number of furan rings is 1. The van der Waals surface area contributed by atoms with Crippen molar-refractivity contribution < 1.29 is 18.9 Å². The number of benzene rings is 2. The first-order chi connectivity index (χ1) is 15.9. The van der Waals surface area contributed by atoms with Crippen LogP contribution in [0.5, 0.6) is 5.75 Å². The van der Waals surface area contributed by atoms with Crippen LogP contribution in [0.15, 0.2) is 52.0 Å². The van der Waals surface area contributed by atoms with Crippen molar-refractivity contribution in [3.8, 4) is 17.3 Å². The average Bonchev–Trinajstić information content (AvgIpc) is 3.42. The monoisotopic (exact) mass is 467 g/mol. The number of aryl methyl sites for hydroxylation is 1. The molecule has 0 aliphatic heterocycles. The molecule has 11 heteroatoms. The Bertz CT molecular complexity index is 1350. The minimum atomic E-state index is -0.497. The molecule has 2 heterocycles. The summed E-state index contributed by atoms with van der Waals surface area (Å²) < 4.78 is 13.2. The lowest BCUT2D eigenvalue weighted by Crippen LogP contribution is -2.15. The van der Waals surface area contributed by atoms with Crippen LogP contribution < -0.4 is 10.1 Å². The van der Waals surface area contributed by atoms with Crippen LogP contribution >= 0.6 is 11.8 Å². The molecule has 0 saturated carbocycles. The second-order valence-electron chi connectivity index (χ2n) is 7.13. The van der Waals surface area contributed by atoms with E-state index in [4.69, 9.17) is 9.15 Å². The molecule has 33 heavy (non-hydrogen) atoms. The van der Waals surface area contributed by atoms with Gasteiger partial charge in [0, 0.05) is 24.1 Å². The van der Waals surface area contributed by atoms with Crippen molar-refractivity contribution in [2.75, 3.05) is 18.2 Å². The standard InChI is InChI=1S/C22H21N5O5S/c1-4-26-21(18-10-14-6-5-7-17(31-3)20(14)32-18)24-25-22(26)33-12-19(28)23-16-11-15(27(29)30)9-8-13(16)2/h5-11H,4,12H2,1-3H3,(H,23,28). The fourth-order valence-corrected chi connectivity index (χ4v) is 4.15. The van der Waals surface area contributed by atoms with Gasteiger partial charge in [0.25, 0.3) is 5.69 Å². The third kappa shape index (κ3) is 4.53. The Morgan fingerprint density at radius 1 is 1.27 bits per heavy atom. The number of nitro groups is 1. The predicted molar refractivity (Wildman–Crippen MR) is 125 cm³/mol. The number of carbonyl (C=O) groups excluding carboxylic acids is 1. The van der Waals surface area contributed by atoms with E-state index in [0.717, 1.165) is 10.9 Å². The highest BCUT2D eigenvalue weighted by molar-refractivity contribution is 7.99. The number of nitrogens with one attached hydrogen (secondary N) is 1. The molecule has 0 spiro atoms. The Morgan fingerprint density at radius 3 is 2.82 bits per heavy atom. The molecule has 0 aliphatic rings. The number of rotatable bonds is 8. The molecule has 0 bridgehead atoms. The zero-order valence-electron chi connectivity index (χ0n) is 18.2. The molecule has 2 aromatic carbocycles. The van der Waals surface area contributed by atoms with Gasteiger partial charge < -0.3 is 14.5 Å². The van der Waals surface area contributed by atoms with Crippen LogP contribution in [0, 0.1) is 17.0 Å². The van der Waals surface area contributed by atoms with Crippen molar-refractivity contribution in [1.82, 2.24) is 14.8 Å². The summed E-state index contributed by atoms with van der Waals surface area (Å²) in [4.78, 5) is 23.0. The van der Waals surface area contributed by atoms with E-state index < -0.39 is 4.92 Å². The number of aromatic nitrogens is 3. The number of hydrogen-bond donors (Lipinski definition) is 1. The van der Waals surface area contributed by atoms with E-state index in [1.807, 2.05) is 35.8 Å². The van der Waals surface area contributed by atoms with Gasteiger partial charge in [-0.05, 0) is 31.5 Å². The number of para-hydroxylation sites is 1. The molecule has 170 valence electrons. The van der Waals surface area contributed by atoms with E-state index in [9.17, 15) is 14.9 Å². The maximum atomic E-state index is 12.5. The second kappa shape index (κ2) is 9.33. The molecule has 0 saturated heterocycles. The minimum absolute atomic E-state index is 0.0637. The SMILES string of the molecule is CCn1c(SCC(=O)Nc2cc([N+](=O)[O-])ccc2C)nnc1-c1cc2cccc(OC)c2o1. The molecule has 0 aliphatic carbocycles. The fraction of sp³-hybridized carbons (Fsp3) is 0.227. The number of anilines is 1. The summed E-state index contributed by atoms with van der Waals surface area (Å²) in [5, 5.41) is 23.7. The number of methoxy groups -OCH3 is 1. The molecule has 1 amide bonds. The Balaban J connectivity index is 1.51. The van der Waals surface area contributed by atoms with Gasteiger partial charge in [-0.25, -0.2) is 0 Å². The zero-order chi connectivity index (χ0) is 23.5. The maximum Gasteiger partial charge on any atom is 0.271 e. The highest BCUT2D eigenvalue weighted by Gasteiger charge is 2.19. The van der Waals surface area contributed by atoms with Gasteiger partial charge in [-0.1, -0.05) is 30.0 Å². The smallest absolute Gasteiger partial charge is 0.271 e. The summed E-state index contributed by atoms with van der Waals surface area (Å²) in [5.74, 6) is 1.49. The van der Waals surface area contributed by atoms with E-state index in [2.05, 4.69) is 15.5 Å². The van der Waals surface area contributed by atoms with Gasteiger partial charge in [-0.3, -0.25) is 19.5 Å². The number of ether oxygens (including phenoxy) is 1. The lowest BCUT2D eigenvalue weighted by molar-refractivity contribution is -0.384. The largest absolute Gasteiger partial charge is 0.493 e. The molecule has 0 atom stereocenters. The molecule has 0 unspecified atom stereocenters. The predicted octanol–water partition coefficient (Wildman–Crippen LogP) is 4.67. The van der Waals surface area contributed by atoms with Crippen molar-refractivity contribution in [2.24, 2.45) is 0 Å². The third-order valence-corrected chi connectivity index (χ3v) is 5.99. The van der Waals surface area contributed by atoms with Gasteiger partial charge in [-0.2, -0.15) is 0 Å². The van der Waals surface area contributed by atoms with Gasteiger partial charge in [-0.15, -0.1) is 10.2 Å². The molecular formula is C22H21N5O5S. The van der Waals surface area contributed by atoms with Crippen molar-refractivity contribution in [3.05, 3.63) is 58.1 Å². The van der Waals surface area contributed by atoms with Gasteiger partial charge in [0.05, 0.1) is 23.5 Å². The number of thioether (sulfide) groups is 1. The van der Waals surface area contributed by atoms with E-state index in [-0.39, 0.29) is 17.3 Å². The highest BCUT2D eigenvalue weighted by atomic mass is 32.2. The van der Waals surface area contributed by atoms with Crippen LogP contribution in [0.25, 0.3) is 22.6 Å². The fourth-order valence-electron chi connectivity index (χ4n) is 3.34. The lowest BCUT2D eigenvalue weighted by Gasteiger charge is -2.09. The summed E-state index contributed by atoms with van der Waals surface area (Å²) in [6.07, 6.45) is 0. The topological polar surface area (TPSA) is 125 Å². The van der Waals surface area contributed by atoms with Crippen molar-refractivity contribution in [2.45, 2.75) is 25.5 Å². The average molecular weight is 468 g/mol. The quantitative estimate of drug-likeness (QED) is 0.225. The Morgan fingerprint density at radius 2 is 2.09 bits per heavy atom. The van der Waals surface area contributed by atoms with Crippen LogP contribution in [0.4, 0.5) is 11.4 Å².